The number of anilines is 2. The summed E-state index contributed by atoms with van der Waals surface area (Å²) in [5.74, 6) is 1.02. The van der Waals surface area contributed by atoms with Gasteiger partial charge in [-0.3, -0.25) is 9.59 Å². The van der Waals surface area contributed by atoms with Crippen LogP contribution in [-0.4, -0.2) is 31.6 Å². The molecular formula is C27H25ClN2O4. The number of unbranched alkanes of at least 4 members (excludes halogenated alkanes) is 1. The maximum absolute atomic E-state index is 12.5. The van der Waals surface area contributed by atoms with Crippen molar-refractivity contribution in [3.63, 3.8) is 0 Å². The molecule has 1 aliphatic heterocycles. The van der Waals surface area contributed by atoms with Crippen molar-refractivity contribution >= 4 is 40.9 Å². The summed E-state index contributed by atoms with van der Waals surface area (Å²) in [6.07, 6.45) is 4.77. The second-order valence-corrected chi connectivity index (χ2v) is 8.20. The molecule has 3 aromatic rings. The Morgan fingerprint density at radius 1 is 1.06 bits per heavy atom. The second-order valence-electron chi connectivity index (χ2n) is 7.76. The molecule has 4 rings (SSSR count). The third-order valence-electron chi connectivity index (χ3n) is 5.25. The number of carbonyl (C=O) groups is 2. The molecule has 0 saturated heterocycles. The first-order valence-electron chi connectivity index (χ1n) is 11.1. The zero-order valence-corrected chi connectivity index (χ0v) is 19.3. The van der Waals surface area contributed by atoms with Crippen LogP contribution in [0.5, 0.6) is 11.5 Å². The molecule has 2 amide bonds. The van der Waals surface area contributed by atoms with Crippen LogP contribution in [0.1, 0.15) is 18.4 Å². The Balaban J connectivity index is 1.33. The van der Waals surface area contributed by atoms with E-state index in [4.69, 9.17) is 21.1 Å². The number of carbonyl (C=O) groups excluding carboxylic acids is 2. The zero-order valence-electron chi connectivity index (χ0n) is 18.6. The topological polar surface area (TPSA) is 67.9 Å². The number of hydrogen-bond donors (Lipinski definition) is 1. The van der Waals surface area contributed by atoms with E-state index in [0.717, 1.165) is 24.2 Å². The third kappa shape index (κ3) is 6.39. The lowest BCUT2D eigenvalue weighted by atomic mass is 10.2. The van der Waals surface area contributed by atoms with E-state index in [1.54, 1.807) is 41.3 Å². The van der Waals surface area contributed by atoms with E-state index in [9.17, 15) is 9.59 Å². The molecule has 0 bridgehead atoms. The first-order chi connectivity index (χ1) is 16.6. The Bertz CT molecular complexity index is 1160. The van der Waals surface area contributed by atoms with Crippen LogP contribution in [0.3, 0.4) is 0 Å². The predicted octanol–water partition coefficient (Wildman–Crippen LogP) is 5.58. The molecule has 0 aliphatic carbocycles. The lowest BCUT2D eigenvalue weighted by Crippen LogP contribution is -2.39. The maximum Gasteiger partial charge on any atom is 0.265 e. The van der Waals surface area contributed by atoms with E-state index in [0.29, 0.717) is 35.3 Å². The average Bonchev–Trinajstić information content (AvgIpc) is 2.85. The number of halogens is 1. The van der Waals surface area contributed by atoms with Crippen molar-refractivity contribution in [2.75, 3.05) is 30.0 Å². The number of rotatable bonds is 9. The van der Waals surface area contributed by atoms with Crippen LogP contribution in [0.25, 0.3) is 6.08 Å². The first-order valence-corrected chi connectivity index (χ1v) is 11.5. The molecule has 0 atom stereocenters. The predicted molar refractivity (Wildman–Crippen MR) is 135 cm³/mol. The summed E-state index contributed by atoms with van der Waals surface area (Å²) in [6, 6.07) is 22.1. The van der Waals surface area contributed by atoms with E-state index in [-0.39, 0.29) is 18.4 Å². The maximum atomic E-state index is 12.5. The Labute approximate surface area is 203 Å². The summed E-state index contributed by atoms with van der Waals surface area (Å²) in [5.41, 5.74) is 2.18. The van der Waals surface area contributed by atoms with Crippen molar-refractivity contribution in [3.05, 3.63) is 89.5 Å². The second kappa shape index (κ2) is 11.4. The van der Waals surface area contributed by atoms with E-state index in [1.807, 2.05) is 42.5 Å². The molecule has 6 nitrogen and oxygen atoms in total. The fourth-order valence-corrected chi connectivity index (χ4v) is 3.66. The Hall–Kier alpha value is -3.77. The summed E-state index contributed by atoms with van der Waals surface area (Å²) >= 11 is 5.89. The summed E-state index contributed by atoms with van der Waals surface area (Å²) in [6.45, 7) is 1.07. The third-order valence-corrected chi connectivity index (χ3v) is 5.51. The Kier molecular flexibility index (Phi) is 7.83. The summed E-state index contributed by atoms with van der Waals surface area (Å²) < 4.78 is 11.3. The molecule has 7 heteroatoms. The molecular weight excluding hydrogens is 452 g/mol. The van der Waals surface area contributed by atoms with Gasteiger partial charge in [-0.1, -0.05) is 41.9 Å². The standard InChI is InChI=1S/C27H25ClN2O4/c28-21-9-12-23(13-10-21)33-17-5-4-16-30-24-18-22(11-14-25(24)34-19-27(30)32)29-26(31)15-8-20-6-2-1-3-7-20/h1-3,6-15,18H,4-5,16-17,19H2,(H,29,31)/b15-8+. The van der Waals surface area contributed by atoms with Gasteiger partial charge in [0, 0.05) is 23.3 Å². The molecule has 1 aliphatic rings. The van der Waals surface area contributed by atoms with Gasteiger partial charge in [-0.05, 0) is 66.9 Å². The molecule has 1 N–H and O–H groups in total. The fraction of sp³-hybridized carbons (Fsp3) is 0.185. The van der Waals surface area contributed by atoms with Crippen molar-refractivity contribution in [3.8, 4) is 11.5 Å². The van der Waals surface area contributed by atoms with Crippen LogP contribution >= 0.6 is 11.6 Å². The molecule has 0 saturated carbocycles. The summed E-state index contributed by atoms with van der Waals surface area (Å²) in [7, 11) is 0. The largest absolute Gasteiger partial charge is 0.494 e. The molecule has 0 radical (unpaired) electrons. The number of amides is 2. The van der Waals surface area contributed by atoms with Gasteiger partial charge in [-0.2, -0.15) is 0 Å². The van der Waals surface area contributed by atoms with Gasteiger partial charge < -0.3 is 19.7 Å². The minimum atomic E-state index is -0.252. The smallest absolute Gasteiger partial charge is 0.265 e. The number of ether oxygens (including phenoxy) is 2. The molecule has 3 aromatic carbocycles. The highest BCUT2D eigenvalue weighted by Gasteiger charge is 2.25. The molecule has 0 spiro atoms. The van der Waals surface area contributed by atoms with Gasteiger partial charge in [0.15, 0.2) is 6.61 Å². The zero-order chi connectivity index (χ0) is 23.8. The van der Waals surface area contributed by atoms with Crippen LogP contribution in [0, 0.1) is 0 Å². The van der Waals surface area contributed by atoms with Gasteiger partial charge in [0.05, 0.1) is 12.3 Å². The SMILES string of the molecule is O=C(/C=C/c1ccccc1)Nc1ccc2c(c1)N(CCCCOc1ccc(Cl)cc1)C(=O)CO2. The van der Waals surface area contributed by atoms with Crippen LogP contribution in [0.2, 0.25) is 5.02 Å². The van der Waals surface area contributed by atoms with E-state index >= 15 is 0 Å². The minimum Gasteiger partial charge on any atom is -0.494 e. The van der Waals surface area contributed by atoms with Gasteiger partial charge in [-0.25, -0.2) is 0 Å². The van der Waals surface area contributed by atoms with Gasteiger partial charge in [-0.15, -0.1) is 0 Å². The minimum absolute atomic E-state index is 0.000204. The average molecular weight is 477 g/mol. The van der Waals surface area contributed by atoms with E-state index in [2.05, 4.69) is 5.32 Å². The lowest BCUT2D eigenvalue weighted by Gasteiger charge is -2.29. The number of nitrogens with one attached hydrogen (secondary N) is 1. The molecule has 34 heavy (non-hydrogen) atoms. The number of nitrogens with zero attached hydrogens (tertiary/aromatic N) is 1. The molecule has 1 heterocycles. The van der Waals surface area contributed by atoms with Crippen molar-refractivity contribution in [2.24, 2.45) is 0 Å². The van der Waals surface area contributed by atoms with Crippen LogP contribution in [0.4, 0.5) is 11.4 Å². The van der Waals surface area contributed by atoms with Gasteiger partial charge in [0.2, 0.25) is 5.91 Å². The summed E-state index contributed by atoms with van der Waals surface area (Å²) in [5, 5.41) is 3.51. The molecule has 0 aromatic heterocycles. The first kappa shape index (κ1) is 23.4. The lowest BCUT2D eigenvalue weighted by molar-refractivity contribution is -0.121. The van der Waals surface area contributed by atoms with Crippen molar-refractivity contribution in [1.29, 1.82) is 0 Å². The van der Waals surface area contributed by atoms with Gasteiger partial charge in [0.1, 0.15) is 11.5 Å². The quantitative estimate of drug-likeness (QED) is 0.323. The van der Waals surface area contributed by atoms with Crippen molar-refractivity contribution in [1.82, 2.24) is 0 Å². The normalized spacial score (nSPS) is 12.9. The fourth-order valence-electron chi connectivity index (χ4n) is 3.54. The molecule has 174 valence electrons. The van der Waals surface area contributed by atoms with Crippen molar-refractivity contribution < 1.29 is 19.1 Å². The van der Waals surface area contributed by atoms with E-state index in [1.165, 1.54) is 6.08 Å². The number of hydrogen-bond acceptors (Lipinski definition) is 4. The number of fused-ring (bicyclic) bond motifs is 1. The highest BCUT2D eigenvalue weighted by molar-refractivity contribution is 6.30. The Morgan fingerprint density at radius 2 is 1.85 bits per heavy atom. The van der Waals surface area contributed by atoms with Crippen LogP contribution in [0.15, 0.2) is 78.9 Å². The highest BCUT2D eigenvalue weighted by atomic mass is 35.5. The molecule has 0 unspecified atom stereocenters. The monoisotopic (exact) mass is 476 g/mol. The number of benzene rings is 3. The van der Waals surface area contributed by atoms with Crippen molar-refractivity contribution in [2.45, 2.75) is 12.8 Å². The Morgan fingerprint density at radius 3 is 2.65 bits per heavy atom. The highest BCUT2D eigenvalue weighted by Crippen LogP contribution is 2.34. The van der Waals surface area contributed by atoms with Crippen LogP contribution in [-0.2, 0) is 9.59 Å². The molecule has 0 fully saturated rings. The van der Waals surface area contributed by atoms with E-state index < -0.39 is 0 Å². The summed E-state index contributed by atoms with van der Waals surface area (Å²) in [4.78, 5) is 26.6. The van der Waals surface area contributed by atoms with Gasteiger partial charge >= 0.3 is 0 Å². The van der Waals surface area contributed by atoms with Gasteiger partial charge in [0.25, 0.3) is 5.91 Å². The van der Waals surface area contributed by atoms with Crippen LogP contribution < -0.4 is 19.7 Å².